The van der Waals surface area contributed by atoms with Crippen LogP contribution in [-0.4, -0.2) is 41.9 Å². The van der Waals surface area contributed by atoms with Crippen molar-refractivity contribution in [3.05, 3.63) is 63.7 Å². The van der Waals surface area contributed by atoms with Crippen LogP contribution in [0.25, 0.3) is 16.6 Å². The maximum absolute atomic E-state index is 15.3. The Balaban J connectivity index is 1.85. The lowest BCUT2D eigenvalue weighted by atomic mass is 10.1. The van der Waals surface area contributed by atoms with E-state index < -0.39 is 34.4 Å². The molecular weight excluding hydrogens is 427 g/mol. The van der Waals surface area contributed by atoms with Crippen molar-refractivity contribution < 1.29 is 27.8 Å². The summed E-state index contributed by atoms with van der Waals surface area (Å²) >= 11 is 0. The predicted octanol–water partition coefficient (Wildman–Crippen LogP) is 2.51. The van der Waals surface area contributed by atoms with Gasteiger partial charge in [-0.1, -0.05) is 0 Å². The van der Waals surface area contributed by atoms with Crippen LogP contribution in [0.1, 0.15) is 10.4 Å². The Kier molecular flexibility index (Phi) is 4.45. The quantitative estimate of drug-likeness (QED) is 0.641. The number of ether oxygens (including phenoxy) is 1. The number of carboxylic acid groups (broad SMARTS) is 1. The molecule has 7 nitrogen and oxygen atoms in total. The molecule has 1 aliphatic carbocycles. The minimum absolute atomic E-state index is 0.0192. The van der Waals surface area contributed by atoms with E-state index in [1.54, 1.807) is 4.90 Å². The van der Waals surface area contributed by atoms with Gasteiger partial charge >= 0.3 is 5.97 Å². The Morgan fingerprint density at radius 1 is 1.16 bits per heavy atom. The van der Waals surface area contributed by atoms with Gasteiger partial charge < -0.3 is 25.0 Å². The van der Waals surface area contributed by atoms with E-state index >= 15 is 4.39 Å². The third-order valence-corrected chi connectivity index (χ3v) is 6.35. The van der Waals surface area contributed by atoms with Crippen LogP contribution in [0.5, 0.6) is 5.75 Å². The van der Waals surface area contributed by atoms with Crippen LogP contribution in [0, 0.1) is 29.3 Å². The van der Waals surface area contributed by atoms with Gasteiger partial charge in [0.05, 0.1) is 18.2 Å². The minimum atomic E-state index is -1.56. The molecular formula is C22H18F3N3O4. The van der Waals surface area contributed by atoms with Crippen molar-refractivity contribution in [3.8, 4) is 11.4 Å². The van der Waals surface area contributed by atoms with E-state index in [0.29, 0.717) is 19.2 Å². The fourth-order valence-electron chi connectivity index (χ4n) is 4.68. The van der Waals surface area contributed by atoms with Crippen LogP contribution < -0.4 is 20.8 Å². The number of piperidine rings is 1. The van der Waals surface area contributed by atoms with Crippen LogP contribution in [0.2, 0.25) is 0 Å². The van der Waals surface area contributed by atoms with Crippen LogP contribution in [-0.2, 0) is 0 Å². The zero-order chi connectivity index (χ0) is 22.9. The molecule has 3 atom stereocenters. The molecule has 2 heterocycles. The molecule has 5 rings (SSSR count). The van der Waals surface area contributed by atoms with Crippen LogP contribution in [0.4, 0.5) is 18.9 Å². The van der Waals surface area contributed by atoms with Crippen molar-refractivity contribution in [2.45, 2.75) is 6.04 Å². The summed E-state index contributed by atoms with van der Waals surface area (Å²) in [7, 11) is 1.28. The van der Waals surface area contributed by atoms with Gasteiger partial charge in [0.2, 0.25) is 5.43 Å². The van der Waals surface area contributed by atoms with E-state index in [9.17, 15) is 23.5 Å². The van der Waals surface area contributed by atoms with E-state index in [1.807, 2.05) is 0 Å². The standard InChI is InChI=1S/C22H18F3N3O4/c1-32-21-18-10(5-15(25)19(21)27-6-11-12(7-27)17(11)26)20(29)13(22(30)31)8-28(18)16-3-2-9(23)4-14(16)24/h2-5,8,11-12,17H,6-7,26H2,1H3,(H,30,31)/t11-,12+,17?. The van der Waals surface area contributed by atoms with Gasteiger partial charge in [-0.2, -0.15) is 0 Å². The molecule has 1 saturated carbocycles. The van der Waals surface area contributed by atoms with Crippen molar-refractivity contribution in [1.82, 2.24) is 4.57 Å². The normalized spacial score (nSPS) is 21.7. The van der Waals surface area contributed by atoms with Gasteiger partial charge in [-0.15, -0.1) is 0 Å². The number of carboxylic acids is 1. The smallest absolute Gasteiger partial charge is 0.341 e. The van der Waals surface area contributed by atoms with E-state index in [0.717, 1.165) is 29.0 Å². The number of nitrogens with two attached hydrogens (primary N) is 1. The molecule has 2 fully saturated rings. The molecule has 166 valence electrons. The zero-order valence-corrected chi connectivity index (χ0v) is 16.8. The first-order chi connectivity index (χ1) is 15.2. The molecule has 1 unspecified atom stereocenters. The number of benzene rings is 2. The van der Waals surface area contributed by atoms with Crippen LogP contribution in [0.3, 0.4) is 0 Å². The molecule has 1 saturated heterocycles. The van der Waals surface area contributed by atoms with E-state index in [2.05, 4.69) is 0 Å². The highest BCUT2D eigenvalue weighted by Gasteiger charge is 2.54. The van der Waals surface area contributed by atoms with Gasteiger partial charge in [0.15, 0.2) is 11.6 Å². The molecule has 1 aliphatic heterocycles. The molecule has 0 radical (unpaired) electrons. The maximum Gasteiger partial charge on any atom is 0.341 e. The Morgan fingerprint density at radius 2 is 1.84 bits per heavy atom. The van der Waals surface area contributed by atoms with Crippen LogP contribution in [0.15, 0.2) is 35.3 Å². The van der Waals surface area contributed by atoms with Gasteiger partial charge in [0, 0.05) is 31.4 Å². The first-order valence-corrected chi connectivity index (χ1v) is 9.88. The molecule has 0 amide bonds. The number of pyridine rings is 1. The molecule has 32 heavy (non-hydrogen) atoms. The lowest BCUT2D eigenvalue weighted by Crippen LogP contribution is -2.29. The molecule has 2 aliphatic rings. The minimum Gasteiger partial charge on any atom is -0.492 e. The Bertz CT molecular complexity index is 1340. The fraction of sp³-hybridized carbons (Fsp3) is 0.273. The lowest BCUT2D eigenvalue weighted by Gasteiger charge is -2.26. The van der Waals surface area contributed by atoms with E-state index in [1.165, 1.54) is 7.11 Å². The summed E-state index contributed by atoms with van der Waals surface area (Å²) in [5.41, 5.74) is 4.19. The molecule has 3 aromatic rings. The first-order valence-electron chi connectivity index (χ1n) is 9.88. The highest BCUT2D eigenvalue weighted by molar-refractivity contribution is 5.98. The Morgan fingerprint density at radius 3 is 2.44 bits per heavy atom. The average Bonchev–Trinajstić information content (AvgIpc) is 3.13. The van der Waals surface area contributed by atoms with Gasteiger partial charge in [0.1, 0.15) is 28.4 Å². The summed E-state index contributed by atoms with van der Waals surface area (Å²) in [6.07, 6.45) is 0.935. The summed E-state index contributed by atoms with van der Waals surface area (Å²) in [6, 6.07) is 3.72. The fourth-order valence-corrected chi connectivity index (χ4v) is 4.68. The number of aromatic nitrogens is 1. The highest BCUT2D eigenvalue weighted by atomic mass is 19.1. The van der Waals surface area contributed by atoms with Crippen molar-refractivity contribution in [2.75, 3.05) is 25.1 Å². The monoisotopic (exact) mass is 445 g/mol. The van der Waals surface area contributed by atoms with Crippen molar-refractivity contribution in [3.63, 3.8) is 0 Å². The molecule has 0 spiro atoms. The number of hydrogen-bond acceptors (Lipinski definition) is 5. The third kappa shape index (κ3) is 2.86. The summed E-state index contributed by atoms with van der Waals surface area (Å²) in [4.78, 5) is 26.3. The summed E-state index contributed by atoms with van der Waals surface area (Å²) in [5.74, 6) is -3.76. The van der Waals surface area contributed by atoms with Crippen molar-refractivity contribution in [2.24, 2.45) is 17.6 Å². The van der Waals surface area contributed by atoms with Crippen molar-refractivity contribution in [1.29, 1.82) is 0 Å². The molecule has 3 N–H and O–H groups in total. The zero-order valence-electron chi connectivity index (χ0n) is 16.8. The molecule has 2 aromatic carbocycles. The second-order valence-corrected chi connectivity index (χ2v) is 8.09. The second kappa shape index (κ2) is 6.99. The second-order valence-electron chi connectivity index (χ2n) is 8.09. The number of rotatable bonds is 4. The average molecular weight is 445 g/mol. The summed E-state index contributed by atoms with van der Waals surface area (Å²) < 4.78 is 50.0. The number of hydrogen-bond donors (Lipinski definition) is 2. The number of fused-ring (bicyclic) bond motifs is 2. The maximum atomic E-state index is 15.3. The van der Waals surface area contributed by atoms with E-state index in [-0.39, 0.29) is 45.9 Å². The SMILES string of the molecule is COc1c(N2C[C@@H]3C(N)[C@@H]3C2)c(F)cc2c(=O)c(C(=O)O)cn(-c3ccc(F)cc3F)c12. The number of methoxy groups -OCH3 is 1. The van der Waals surface area contributed by atoms with Crippen LogP contribution >= 0.6 is 0 Å². The number of halogens is 3. The summed E-state index contributed by atoms with van der Waals surface area (Å²) in [5, 5.41) is 9.18. The van der Waals surface area contributed by atoms with Crippen molar-refractivity contribution >= 4 is 22.6 Å². The Labute approximate surface area is 179 Å². The highest BCUT2D eigenvalue weighted by Crippen LogP contribution is 2.49. The van der Waals surface area contributed by atoms with E-state index in [4.69, 9.17) is 10.5 Å². The third-order valence-electron chi connectivity index (χ3n) is 6.35. The lowest BCUT2D eigenvalue weighted by molar-refractivity contribution is 0.0695. The number of anilines is 1. The molecule has 0 bridgehead atoms. The molecule has 1 aromatic heterocycles. The number of carbonyl (C=O) groups is 1. The van der Waals surface area contributed by atoms with Gasteiger partial charge in [0.25, 0.3) is 0 Å². The topological polar surface area (TPSA) is 97.8 Å². The molecule has 10 heteroatoms. The predicted molar refractivity (Wildman–Crippen MR) is 110 cm³/mol. The number of nitrogens with zero attached hydrogens (tertiary/aromatic N) is 2. The number of aromatic carboxylic acids is 1. The summed E-state index contributed by atoms with van der Waals surface area (Å²) in [6.45, 7) is 0.986. The van der Waals surface area contributed by atoms with Gasteiger partial charge in [-0.25, -0.2) is 18.0 Å². The largest absolute Gasteiger partial charge is 0.492 e. The Hall–Kier alpha value is -3.53. The van der Waals surface area contributed by atoms with Gasteiger partial charge in [-0.05, 0) is 30.0 Å². The first kappa shape index (κ1) is 20.4. The van der Waals surface area contributed by atoms with Gasteiger partial charge in [-0.3, -0.25) is 4.79 Å².